The highest BCUT2D eigenvalue weighted by Gasteiger charge is 2.33. The van der Waals surface area contributed by atoms with E-state index in [1.54, 1.807) is 42.3 Å². The van der Waals surface area contributed by atoms with Crippen LogP contribution in [0.4, 0.5) is 24.5 Å². The second-order valence-electron chi connectivity index (χ2n) is 7.04. The van der Waals surface area contributed by atoms with Crippen LogP contribution in [0.2, 0.25) is 0 Å². The number of alkyl halides is 3. The first-order valence-corrected chi connectivity index (χ1v) is 9.28. The van der Waals surface area contributed by atoms with Gasteiger partial charge in [0.1, 0.15) is 0 Å². The number of rotatable bonds is 6. The zero-order chi connectivity index (χ0) is 21.0. The molecular formula is C21H22F3N3O2. The summed E-state index contributed by atoms with van der Waals surface area (Å²) in [4.78, 5) is 27.6. The SMILES string of the molecule is CN(CC(=O)Nc1ccccc1N1CCCC1=O)Cc1ccccc1C(F)(F)F. The van der Waals surface area contributed by atoms with E-state index < -0.39 is 11.7 Å². The third-order valence-corrected chi connectivity index (χ3v) is 4.72. The first kappa shape index (κ1) is 20.9. The van der Waals surface area contributed by atoms with Gasteiger partial charge in [-0.05, 0) is 37.2 Å². The summed E-state index contributed by atoms with van der Waals surface area (Å²) in [6.45, 7) is 0.490. The number of hydrogen-bond acceptors (Lipinski definition) is 3. The molecule has 1 aliphatic rings. The lowest BCUT2D eigenvalue weighted by atomic mass is 10.1. The van der Waals surface area contributed by atoms with Crippen molar-refractivity contribution in [1.29, 1.82) is 0 Å². The lowest BCUT2D eigenvalue weighted by molar-refractivity contribution is -0.138. The number of hydrogen-bond donors (Lipinski definition) is 1. The Morgan fingerprint density at radius 2 is 1.83 bits per heavy atom. The smallest absolute Gasteiger partial charge is 0.323 e. The van der Waals surface area contributed by atoms with E-state index >= 15 is 0 Å². The third-order valence-electron chi connectivity index (χ3n) is 4.72. The predicted molar refractivity (Wildman–Crippen MR) is 104 cm³/mol. The number of para-hydroxylation sites is 2. The number of carbonyl (C=O) groups is 2. The Bertz CT molecular complexity index is 899. The number of amides is 2. The second-order valence-corrected chi connectivity index (χ2v) is 7.04. The van der Waals surface area contributed by atoms with Gasteiger partial charge in [0.2, 0.25) is 11.8 Å². The number of carbonyl (C=O) groups excluding carboxylic acids is 2. The first-order valence-electron chi connectivity index (χ1n) is 9.28. The molecule has 1 saturated heterocycles. The Hall–Kier alpha value is -2.87. The normalized spacial score (nSPS) is 14.5. The quantitative estimate of drug-likeness (QED) is 0.793. The highest BCUT2D eigenvalue weighted by atomic mass is 19.4. The zero-order valence-electron chi connectivity index (χ0n) is 16.0. The molecule has 1 N–H and O–H groups in total. The molecule has 0 bridgehead atoms. The molecular weight excluding hydrogens is 383 g/mol. The molecule has 0 aromatic heterocycles. The summed E-state index contributed by atoms with van der Waals surface area (Å²) in [6.07, 6.45) is -3.20. The van der Waals surface area contributed by atoms with Gasteiger partial charge in [-0.15, -0.1) is 0 Å². The summed E-state index contributed by atoms with van der Waals surface area (Å²) < 4.78 is 39.4. The van der Waals surface area contributed by atoms with Gasteiger partial charge in [0.25, 0.3) is 0 Å². The van der Waals surface area contributed by atoms with Crippen molar-refractivity contribution >= 4 is 23.2 Å². The summed E-state index contributed by atoms with van der Waals surface area (Å²) in [5.74, 6) is -0.358. The van der Waals surface area contributed by atoms with E-state index in [1.165, 1.54) is 17.0 Å². The maximum Gasteiger partial charge on any atom is 0.416 e. The number of benzene rings is 2. The van der Waals surface area contributed by atoms with Crippen molar-refractivity contribution < 1.29 is 22.8 Å². The fourth-order valence-corrected chi connectivity index (χ4v) is 3.43. The van der Waals surface area contributed by atoms with E-state index in [9.17, 15) is 22.8 Å². The zero-order valence-corrected chi connectivity index (χ0v) is 16.0. The fourth-order valence-electron chi connectivity index (χ4n) is 3.43. The Balaban J connectivity index is 1.66. The largest absolute Gasteiger partial charge is 0.416 e. The van der Waals surface area contributed by atoms with Crippen LogP contribution in [0.5, 0.6) is 0 Å². The fraction of sp³-hybridized carbons (Fsp3) is 0.333. The van der Waals surface area contributed by atoms with Crippen molar-refractivity contribution in [2.24, 2.45) is 0 Å². The van der Waals surface area contributed by atoms with Crippen LogP contribution >= 0.6 is 0 Å². The number of halogens is 3. The van der Waals surface area contributed by atoms with E-state index in [-0.39, 0.29) is 30.5 Å². The molecule has 8 heteroatoms. The van der Waals surface area contributed by atoms with Crippen LogP contribution < -0.4 is 10.2 Å². The van der Waals surface area contributed by atoms with Crippen LogP contribution in [-0.4, -0.2) is 36.9 Å². The van der Waals surface area contributed by atoms with Gasteiger partial charge in [-0.2, -0.15) is 13.2 Å². The summed E-state index contributed by atoms with van der Waals surface area (Å²) in [7, 11) is 1.59. The minimum Gasteiger partial charge on any atom is -0.323 e. The lowest BCUT2D eigenvalue weighted by Crippen LogP contribution is -2.31. The molecule has 0 saturated carbocycles. The van der Waals surface area contributed by atoms with E-state index in [4.69, 9.17) is 0 Å². The molecule has 0 spiro atoms. The molecule has 3 rings (SSSR count). The van der Waals surface area contributed by atoms with Gasteiger partial charge in [-0.3, -0.25) is 14.5 Å². The first-order chi connectivity index (χ1) is 13.8. The van der Waals surface area contributed by atoms with Gasteiger partial charge in [-0.25, -0.2) is 0 Å². The molecule has 2 aromatic rings. The maximum absolute atomic E-state index is 13.1. The van der Waals surface area contributed by atoms with Gasteiger partial charge in [0.05, 0.1) is 23.5 Å². The van der Waals surface area contributed by atoms with Crippen LogP contribution in [0.1, 0.15) is 24.0 Å². The van der Waals surface area contributed by atoms with Crippen molar-refractivity contribution in [3.63, 3.8) is 0 Å². The number of anilines is 2. The number of likely N-dealkylation sites (N-methyl/N-ethyl adjacent to an activating group) is 1. The van der Waals surface area contributed by atoms with Crippen LogP contribution in [-0.2, 0) is 22.3 Å². The number of nitrogens with one attached hydrogen (secondary N) is 1. The molecule has 0 radical (unpaired) electrons. The molecule has 1 fully saturated rings. The van der Waals surface area contributed by atoms with Gasteiger partial charge in [-0.1, -0.05) is 30.3 Å². The molecule has 1 heterocycles. The summed E-state index contributed by atoms with van der Waals surface area (Å²) in [5, 5.41) is 2.77. The van der Waals surface area contributed by atoms with Gasteiger partial charge in [0, 0.05) is 19.5 Å². The highest BCUT2D eigenvalue weighted by molar-refractivity contribution is 6.02. The molecule has 2 aromatic carbocycles. The van der Waals surface area contributed by atoms with Crippen LogP contribution in [0.25, 0.3) is 0 Å². The van der Waals surface area contributed by atoms with E-state index in [0.717, 1.165) is 12.5 Å². The summed E-state index contributed by atoms with van der Waals surface area (Å²) in [5.41, 5.74) is 0.550. The molecule has 2 amide bonds. The van der Waals surface area contributed by atoms with Crippen molar-refractivity contribution in [2.45, 2.75) is 25.6 Å². The monoisotopic (exact) mass is 405 g/mol. The maximum atomic E-state index is 13.1. The van der Waals surface area contributed by atoms with Gasteiger partial charge in [0.15, 0.2) is 0 Å². The standard InChI is InChI=1S/C21H22F3N3O2/c1-26(13-15-7-2-3-8-16(15)21(22,23)24)14-19(28)25-17-9-4-5-10-18(17)27-12-6-11-20(27)29/h2-5,7-10H,6,11-14H2,1H3,(H,25,28). The minimum absolute atomic E-state index is 0.00701. The Morgan fingerprint density at radius 3 is 2.52 bits per heavy atom. The topological polar surface area (TPSA) is 52.7 Å². The molecule has 5 nitrogen and oxygen atoms in total. The van der Waals surface area contributed by atoms with Gasteiger partial charge >= 0.3 is 6.18 Å². The minimum atomic E-state index is -4.44. The molecule has 1 aliphatic heterocycles. The number of nitrogens with zero attached hydrogens (tertiary/aromatic N) is 2. The molecule has 154 valence electrons. The average molecular weight is 405 g/mol. The second kappa shape index (κ2) is 8.65. The summed E-state index contributed by atoms with van der Waals surface area (Å²) >= 11 is 0. The highest BCUT2D eigenvalue weighted by Crippen LogP contribution is 2.32. The van der Waals surface area contributed by atoms with Gasteiger partial charge < -0.3 is 10.2 Å². The Labute approximate surface area is 167 Å². The van der Waals surface area contributed by atoms with Crippen molar-refractivity contribution in [3.05, 3.63) is 59.7 Å². The Kier molecular flexibility index (Phi) is 6.22. The van der Waals surface area contributed by atoms with Crippen molar-refractivity contribution in [1.82, 2.24) is 4.90 Å². The summed E-state index contributed by atoms with van der Waals surface area (Å²) in [6, 6.07) is 12.3. The lowest BCUT2D eigenvalue weighted by Gasteiger charge is -2.22. The van der Waals surface area contributed by atoms with Crippen LogP contribution in [0.3, 0.4) is 0 Å². The average Bonchev–Trinajstić information content (AvgIpc) is 3.07. The van der Waals surface area contributed by atoms with E-state index in [0.29, 0.717) is 24.3 Å². The molecule has 0 atom stereocenters. The van der Waals surface area contributed by atoms with Crippen molar-refractivity contribution in [3.8, 4) is 0 Å². The third kappa shape index (κ3) is 5.14. The van der Waals surface area contributed by atoms with Crippen molar-refractivity contribution in [2.75, 3.05) is 30.4 Å². The molecule has 0 aliphatic carbocycles. The molecule has 29 heavy (non-hydrogen) atoms. The van der Waals surface area contributed by atoms with Crippen LogP contribution in [0, 0.1) is 0 Å². The Morgan fingerprint density at radius 1 is 1.14 bits per heavy atom. The van der Waals surface area contributed by atoms with Crippen LogP contribution in [0.15, 0.2) is 48.5 Å². The predicted octanol–water partition coefficient (Wildman–Crippen LogP) is 3.90. The van der Waals surface area contributed by atoms with E-state index in [1.807, 2.05) is 0 Å². The molecule has 0 unspecified atom stereocenters. The van der Waals surface area contributed by atoms with E-state index in [2.05, 4.69) is 5.32 Å².